The number of nitrogens with zero attached hydrogens (tertiary/aromatic N) is 3. The van der Waals surface area contributed by atoms with Crippen LogP contribution in [0.5, 0.6) is 0 Å². The maximum atomic E-state index is 12.3. The number of nitrogens with one attached hydrogen (secondary N) is 1. The minimum absolute atomic E-state index is 0.108. The molecule has 1 fully saturated rings. The monoisotopic (exact) mass is 346 g/mol. The molecule has 0 aromatic heterocycles. The van der Waals surface area contributed by atoms with E-state index < -0.39 is 0 Å². The molecule has 1 aliphatic rings. The van der Waals surface area contributed by atoms with Gasteiger partial charge in [-0.25, -0.2) is 0 Å². The number of benzene rings is 1. The number of anilines is 2. The summed E-state index contributed by atoms with van der Waals surface area (Å²) in [5.74, 6) is 0.108. The lowest BCUT2D eigenvalue weighted by molar-refractivity contribution is -0.116. The molecule has 0 unspecified atom stereocenters. The van der Waals surface area contributed by atoms with E-state index in [1.807, 2.05) is 6.07 Å². The Morgan fingerprint density at radius 1 is 1.08 bits per heavy atom. The second-order valence-electron chi connectivity index (χ2n) is 6.75. The minimum Gasteiger partial charge on any atom is -0.372 e. The van der Waals surface area contributed by atoms with Crippen molar-refractivity contribution in [3.05, 3.63) is 23.8 Å². The predicted molar refractivity (Wildman–Crippen MR) is 107 cm³/mol. The molecule has 1 N–H and O–H groups in total. The van der Waals surface area contributed by atoms with Crippen LogP contribution in [0.15, 0.2) is 18.2 Å². The molecule has 5 nitrogen and oxygen atoms in total. The number of hydrogen-bond acceptors (Lipinski definition) is 4. The van der Waals surface area contributed by atoms with Crippen molar-refractivity contribution in [2.75, 3.05) is 62.6 Å². The van der Waals surface area contributed by atoms with E-state index in [1.54, 1.807) is 0 Å². The molecule has 0 spiro atoms. The van der Waals surface area contributed by atoms with E-state index in [0.29, 0.717) is 6.42 Å². The van der Waals surface area contributed by atoms with Crippen LogP contribution < -0.4 is 10.2 Å². The number of hydrogen-bond donors (Lipinski definition) is 1. The summed E-state index contributed by atoms with van der Waals surface area (Å²) in [5.41, 5.74) is 3.26. The van der Waals surface area contributed by atoms with Crippen LogP contribution >= 0.6 is 0 Å². The van der Waals surface area contributed by atoms with Crippen LogP contribution in [0.25, 0.3) is 0 Å². The van der Waals surface area contributed by atoms with Crippen molar-refractivity contribution in [1.29, 1.82) is 0 Å². The number of amides is 1. The third-order valence-corrected chi connectivity index (χ3v) is 5.18. The van der Waals surface area contributed by atoms with Crippen LogP contribution in [0.2, 0.25) is 0 Å². The molecule has 1 aliphatic heterocycles. The highest BCUT2D eigenvalue weighted by atomic mass is 16.1. The highest BCUT2D eigenvalue weighted by Crippen LogP contribution is 2.22. The maximum Gasteiger partial charge on any atom is 0.225 e. The molecule has 1 heterocycles. The zero-order valence-corrected chi connectivity index (χ0v) is 16.3. The summed E-state index contributed by atoms with van der Waals surface area (Å²) in [4.78, 5) is 19.5. The number of likely N-dealkylation sites (N-methyl/N-ethyl adjacent to an activating group) is 1. The highest BCUT2D eigenvalue weighted by molar-refractivity contribution is 5.91. The van der Waals surface area contributed by atoms with Gasteiger partial charge < -0.3 is 20.0 Å². The maximum absolute atomic E-state index is 12.3. The van der Waals surface area contributed by atoms with Crippen LogP contribution in [0.4, 0.5) is 11.4 Å². The fourth-order valence-corrected chi connectivity index (χ4v) is 3.38. The Bertz CT molecular complexity index is 549. The van der Waals surface area contributed by atoms with Gasteiger partial charge in [0.1, 0.15) is 0 Å². The van der Waals surface area contributed by atoms with Crippen LogP contribution in [0.1, 0.15) is 32.8 Å². The number of carbonyl (C=O) groups excluding carboxylic acids is 1. The molecule has 1 saturated heterocycles. The Kier molecular flexibility index (Phi) is 7.72. The van der Waals surface area contributed by atoms with Gasteiger partial charge in [0.2, 0.25) is 5.91 Å². The zero-order valence-electron chi connectivity index (χ0n) is 16.3. The molecular weight excluding hydrogens is 312 g/mol. The van der Waals surface area contributed by atoms with Crippen molar-refractivity contribution in [3.8, 4) is 0 Å². The van der Waals surface area contributed by atoms with E-state index in [1.165, 1.54) is 5.69 Å². The van der Waals surface area contributed by atoms with Crippen molar-refractivity contribution in [2.45, 2.75) is 34.1 Å². The number of piperazine rings is 1. The van der Waals surface area contributed by atoms with Gasteiger partial charge >= 0.3 is 0 Å². The Hall–Kier alpha value is -1.59. The molecule has 5 heteroatoms. The van der Waals surface area contributed by atoms with Gasteiger partial charge in [-0.1, -0.05) is 6.92 Å². The van der Waals surface area contributed by atoms with E-state index >= 15 is 0 Å². The Morgan fingerprint density at radius 3 is 2.28 bits per heavy atom. The van der Waals surface area contributed by atoms with Crippen LogP contribution in [0.3, 0.4) is 0 Å². The molecular formula is C20H34N4O. The quantitative estimate of drug-likeness (QED) is 0.786. The molecule has 0 bridgehead atoms. The standard InChI is InChI=1S/C20H34N4O/c1-5-22-12-14-23(15-13-22)11-10-20(25)21-19-9-8-18(16-17(19)4)24(6-2)7-3/h8-9,16H,5-7,10-15H2,1-4H3,(H,21,25). The predicted octanol–water partition coefficient (Wildman–Crippen LogP) is 2.81. The largest absolute Gasteiger partial charge is 0.372 e. The number of rotatable bonds is 8. The van der Waals surface area contributed by atoms with Crippen LogP contribution in [0, 0.1) is 6.92 Å². The van der Waals surface area contributed by atoms with Crippen LogP contribution in [-0.2, 0) is 4.79 Å². The molecule has 0 atom stereocenters. The molecule has 0 aliphatic carbocycles. The molecule has 2 rings (SSSR count). The molecule has 1 amide bonds. The van der Waals surface area contributed by atoms with Crippen molar-refractivity contribution in [2.24, 2.45) is 0 Å². The van der Waals surface area contributed by atoms with Gasteiger partial charge in [0.25, 0.3) is 0 Å². The number of carbonyl (C=O) groups is 1. The molecule has 0 radical (unpaired) electrons. The Labute approximate surface area is 153 Å². The van der Waals surface area contributed by atoms with E-state index in [4.69, 9.17) is 0 Å². The SMILES string of the molecule is CCN1CCN(CCC(=O)Nc2ccc(N(CC)CC)cc2C)CC1. The minimum atomic E-state index is 0.108. The van der Waals surface area contributed by atoms with E-state index in [2.05, 4.69) is 59.8 Å². The van der Waals surface area contributed by atoms with E-state index in [-0.39, 0.29) is 5.91 Å². The van der Waals surface area contributed by atoms with E-state index in [9.17, 15) is 4.79 Å². The first-order chi connectivity index (χ1) is 12.1. The second kappa shape index (κ2) is 9.78. The molecule has 1 aromatic rings. The first-order valence-electron chi connectivity index (χ1n) is 9.67. The summed E-state index contributed by atoms with van der Waals surface area (Å²) in [6.07, 6.45) is 0.559. The fourth-order valence-electron chi connectivity index (χ4n) is 3.38. The summed E-state index contributed by atoms with van der Waals surface area (Å²) in [7, 11) is 0. The average Bonchev–Trinajstić information content (AvgIpc) is 2.63. The summed E-state index contributed by atoms with van der Waals surface area (Å²) >= 11 is 0. The second-order valence-corrected chi connectivity index (χ2v) is 6.75. The zero-order chi connectivity index (χ0) is 18.2. The summed E-state index contributed by atoms with van der Waals surface area (Å²) < 4.78 is 0. The molecule has 140 valence electrons. The first-order valence-corrected chi connectivity index (χ1v) is 9.67. The van der Waals surface area contributed by atoms with Gasteiger partial charge in [0.15, 0.2) is 0 Å². The number of aryl methyl sites for hydroxylation is 1. The van der Waals surface area contributed by atoms with Crippen molar-refractivity contribution < 1.29 is 4.79 Å². The lowest BCUT2D eigenvalue weighted by Gasteiger charge is -2.33. The van der Waals surface area contributed by atoms with Gasteiger partial charge in [-0.3, -0.25) is 4.79 Å². The van der Waals surface area contributed by atoms with Gasteiger partial charge in [-0.2, -0.15) is 0 Å². The molecule has 25 heavy (non-hydrogen) atoms. The third kappa shape index (κ3) is 5.72. The van der Waals surface area contributed by atoms with Gasteiger partial charge in [-0.15, -0.1) is 0 Å². The summed E-state index contributed by atoms with van der Waals surface area (Å²) in [5, 5.41) is 3.08. The normalized spacial score (nSPS) is 16.0. The van der Waals surface area contributed by atoms with E-state index in [0.717, 1.165) is 63.6 Å². The Balaban J connectivity index is 1.82. The molecule has 0 saturated carbocycles. The summed E-state index contributed by atoms with van der Waals surface area (Å²) in [6.45, 7) is 16.9. The van der Waals surface area contributed by atoms with Gasteiger partial charge in [-0.05, 0) is 51.1 Å². The van der Waals surface area contributed by atoms with Crippen molar-refractivity contribution in [1.82, 2.24) is 9.80 Å². The van der Waals surface area contributed by atoms with Crippen molar-refractivity contribution >= 4 is 17.3 Å². The highest BCUT2D eigenvalue weighted by Gasteiger charge is 2.16. The molecule has 1 aromatic carbocycles. The average molecular weight is 347 g/mol. The fraction of sp³-hybridized carbons (Fsp3) is 0.650. The van der Waals surface area contributed by atoms with Crippen LogP contribution in [-0.4, -0.2) is 68.1 Å². The lowest BCUT2D eigenvalue weighted by atomic mass is 10.1. The van der Waals surface area contributed by atoms with Gasteiger partial charge in [0.05, 0.1) is 0 Å². The van der Waals surface area contributed by atoms with Crippen molar-refractivity contribution in [3.63, 3.8) is 0 Å². The smallest absolute Gasteiger partial charge is 0.225 e. The van der Waals surface area contributed by atoms with Gasteiger partial charge in [0, 0.05) is 63.6 Å². The first kappa shape index (κ1) is 19.7. The Morgan fingerprint density at radius 2 is 1.72 bits per heavy atom. The topological polar surface area (TPSA) is 38.8 Å². The third-order valence-electron chi connectivity index (χ3n) is 5.18. The lowest BCUT2D eigenvalue weighted by Crippen LogP contribution is -2.46. The summed E-state index contributed by atoms with van der Waals surface area (Å²) in [6, 6.07) is 6.28.